The average Bonchev–Trinajstić information content (AvgIpc) is 2.88. The van der Waals surface area contributed by atoms with Gasteiger partial charge in [0.15, 0.2) is 0 Å². The van der Waals surface area contributed by atoms with Crippen LogP contribution in [0.2, 0.25) is 0 Å². The number of amides is 1. The quantitative estimate of drug-likeness (QED) is 0.646. The van der Waals surface area contributed by atoms with Crippen LogP contribution in [-0.4, -0.2) is 72.7 Å². The summed E-state index contributed by atoms with van der Waals surface area (Å²) in [7, 11) is -3.65. The molecule has 1 aromatic rings. The Morgan fingerprint density at radius 2 is 1.64 bits per heavy atom. The van der Waals surface area contributed by atoms with Crippen molar-refractivity contribution in [2.24, 2.45) is 11.8 Å². The predicted molar refractivity (Wildman–Crippen MR) is 108 cm³/mol. The Kier molecular flexibility index (Phi) is 7.64. The van der Waals surface area contributed by atoms with Gasteiger partial charge in [-0.05, 0) is 25.7 Å². The lowest BCUT2D eigenvalue weighted by Crippen LogP contribution is -2.41. The van der Waals surface area contributed by atoms with E-state index in [2.05, 4.69) is 32.8 Å². The standard InChI is InChI=1S/C19H34N4O4S/c1-14(2)11-21(12-15(3)4)18(24)13-23-17(6)19(16(5)20-23)28(25,26)22-7-9-27-10-8-22/h14-15H,7-13H2,1-6H3. The molecule has 1 fully saturated rings. The number of hydrogen-bond donors (Lipinski definition) is 0. The van der Waals surface area contributed by atoms with Crippen molar-refractivity contribution in [3.63, 3.8) is 0 Å². The van der Waals surface area contributed by atoms with E-state index < -0.39 is 10.0 Å². The fourth-order valence-electron chi connectivity index (χ4n) is 3.51. The highest BCUT2D eigenvalue weighted by atomic mass is 32.2. The zero-order chi connectivity index (χ0) is 21.1. The molecule has 1 aliphatic heterocycles. The molecule has 2 heterocycles. The van der Waals surface area contributed by atoms with Gasteiger partial charge in [-0.3, -0.25) is 9.48 Å². The zero-order valence-corrected chi connectivity index (χ0v) is 18.8. The number of sulfonamides is 1. The highest BCUT2D eigenvalue weighted by Crippen LogP contribution is 2.24. The molecule has 0 saturated carbocycles. The Morgan fingerprint density at radius 3 is 2.14 bits per heavy atom. The molecule has 0 N–H and O–H groups in total. The summed E-state index contributed by atoms with van der Waals surface area (Å²) in [6.45, 7) is 14.6. The van der Waals surface area contributed by atoms with Gasteiger partial charge in [-0.25, -0.2) is 8.42 Å². The largest absolute Gasteiger partial charge is 0.379 e. The minimum absolute atomic E-state index is 0.0386. The number of carbonyl (C=O) groups is 1. The lowest BCUT2D eigenvalue weighted by atomic mass is 10.1. The first-order chi connectivity index (χ1) is 13.0. The van der Waals surface area contributed by atoms with E-state index in [-0.39, 0.29) is 17.3 Å². The summed E-state index contributed by atoms with van der Waals surface area (Å²) in [5, 5.41) is 4.38. The Bertz CT molecular complexity index is 770. The molecule has 160 valence electrons. The third kappa shape index (κ3) is 5.33. The zero-order valence-electron chi connectivity index (χ0n) is 17.9. The van der Waals surface area contributed by atoms with Gasteiger partial charge in [0.1, 0.15) is 11.4 Å². The van der Waals surface area contributed by atoms with Crippen molar-refractivity contribution >= 4 is 15.9 Å². The summed E-state index contributed by atoms with van der Waals surface area (Å²) in [6.07, 6.45) is 0. The fourth-order valence-corrected chi connectivity index (χ4v) is 5.29. The van der Waals surface area contributed by atoms with Crippen molar-refractivity contribution in [2.45, 2.75) is 53.0 Å². The summed E-state index contributed by atoms with van der Waals surface area (Å²) in [5.74, 6) is 0.684. The molecule has 0 atom stereocenters. The number of nitrogens with zero attached hydrogens (tertiary/aromatic N) is 4. The minimum atomic E-state index is -3.65. The normalized spacial score (nSPS) is 16.1. The molecule has 1 aliphatic rings. The van der Waals surface area contributed by atoms with Gasteiger partial charge in [-0.1, -0.05) is 27.7 Å². The van der Waals surface area contributed by atoms with E-state index in [4.69, 9.17) is 4.74 Å². The Morgan fingerprint density at radius 1 is 1.11 bits per heavy atom. The number of aromatic nitrogens is 2. The molecule has 9 heteroatoms. The van der Waals surface area contributed by atoms with Crippen LogP contribution in [0.5, 0.6) is 0 Å². The van der Waals surface area contributed by atoms with Crippen molar-refractivity contribution in [1.29, 1.82) is 0 Å². The van der Waals surface area contributed by atoms with E-state index in [0.29, 0.717) is 62.6 Å². The van der Waals surface area contributed by atoms with Gasteiger partial charge in [0.05, 0.1) is 24.6 Å². The summed E-state index contributed by atoms with van der Waals surface area (Å²) < 4.78 is 34.4. The minimum Gasteiger partial charge on any atom is -0.379 e. The maximum Gasteiger partial charge on any atom is 0.246 e. The Labute approximate surface area is 168 Å². The summed E-state index contributed by atoms with van der Waals surface area (Å²) in [6, 6.07) is 0. The Hall–Kier alpha value is -1.45. The van der Waals surface area contributed by atoms with Crippen LogP contribution in [0.1, 0.15) is 39.1 Å². The van der Waals surface area contributed by atoms with Crippen molar-refractivity contribution in [2.75, 3.05) is 39.4 Å². The molecule has 0 unspecified atom stereocenters. The number of ether oxygens (including phenoxy) is 1. The average molecular weight is 415 g/mol. The molecule has 0 bridgehead atoms. The SMILES string of the molecule is Cc1nn(CC(=O)N(CC(C)C)CC(C)C)c(C)c1S(=O)(=O)N1CCOCC1. The van der Waals surface area contributed by atoms with E-state index in [1.165, 1.54) is 8.99 Å². The van der Waals surface area contributed by atoms with Gasteiger partial charge in [-0.2, -0.15) is 9.40 Å². The van der Waals surface area contributed by atoms with E-state index in [9.17, 15) is 13.2 Å². The molecule has 0 radical (unpaired) electrons. The smallest absolute Gasteiger partial charge is 0.246 e. The van der Waals surface area contributed by atoms with Crippen molar-refractivity contribution < 1.29 is 17.9 Å². The van der Waals surface area contributed by atoms with Gasteiger partial charge >= 0.3 is 0 Å². The first-order valence-electron chi connectivity index (χ1n) is 9.93. The van der Waals surface area contributed by atoms with Gasteiger partial charge in [0.25, 0.3) is 0 Å². The molecule has 28 heavy (non-hydrogen) atoms. The van der Waals surface area contributed by atoms with E-state index in [1.807, 2.05) is 4.90 Å². The van der Waals surface area contributed by atoms with E-state index in [1.54, 1.807) is 13.8 Å². The number of carbonyl (C=O) groups excluding carboxylic acids is 1. The third-order valence-corrected chi connectivity index (χ3v) is 6.84. The van der Waals surface area contributed by atoms with Crippen LogP contribution in [0.25, 0.3) is 0 Å². The topological polar surface area (TPSA) is 84.7 Å². The molecular formula is C19H34N4O4S. The molecule has 1 aromatic heterocycles. The van der Waals surface area contributed by atoms with Crippen LogP contribution in [-0.2, 0) is 26.1 Å². The fraction of sp³-hybridized carbons (Fsp3) is 0.789. The number of aryl methyl sites for hydroxylation is 1. The lowest BCUT2D eigenvalue weighted by molar-refractivity contribution is -0.133. The van der Waals surface area contributed by atoms with Crippen LogP contribution >= 0.6 is 0 Å². The molecular weight excluding hydrogens is 380 g/mol. The molecule has 1 saturated heterocycles. The maximum absolute atomic E-state index is 13.1. The molecule has 1 amide bonds. The summed E-state index contributed by atoms with van der Waals surface area (Å²) in [4.78, 5) is 15.0. The number of rotatable bonds is 8. The van der Waals surface area contributed by atoms with Crippen molar-refractivity contribution in [3.8, 4) is 0 Å². The van der Waals surface area contributed by atoms with E-state index >= 15 is 0 Å². The van der Waals surface area contributed by atoms with Crippen LogP contribution in [0.3, 0.4) is 0 Å². The molecule has 2 rings (SSSR count). The van der Waals surface area contributed by atoms with Gasteiger partial charge in [0.2, 0.25) is 15.9 Å². The number of morpholine rings is 1. The summed E-state index contributed by atoms with van der Waals surface area (Å²) >= 11 is 0. The first kappa shape index (κ1) is 22.8. The van der Waals surface area contributed by atoms with Crippen molar-refractivity contribution in [3.05, 3.63) is 11.4 Å². The van der Waals surface area contributed by atoms with Gasteiger partial charge in [0, 0.05) is 26.2 Å². The molecule has 0 aliphatic carbocycles. The van der Waals surface area contributed by atoms with E-state index in [0.717, 1.165) is 0 Å². The van der Waals surface area contributed by atoms with Crippen LogP contribution in [0.15, 0.2) is 4.90 Å². The van der Waals surface area contributed by atoms with Crippen molar-refractivity contribution in [1.82, 2.24) is 19.0 Å². The molecule has 0 spiro atoms. The molecule has 8 nitrogen and oxygen atoms in total. The monoisotopic (exact) mass is 414 g/mol. The summed E-state index contributed by atoms with van der Waals surface area (Å²) in [5.41, 5.74) is 0.933. The second-order valence-electron chi connectivity index (χ2n) is 8.26. The van der Waals surface area contributed by atoms with Gasteiger partial charge in [-0.15, -0.1) is 0 Å². The first-order valence-corrected chi connectivity index (χ1v) is 11.4. The van der Waals surface area contributed by atoms with Gasteiger partial charge < -0.3 is 9.64 Å². The van der Waals surface area contributed by atoms with Crippen LogP contribution < -0.4 is 0 Å². The second kappa shape index (κ2) is 9.37. The third-order valence-electron chi connectivity index (χ3n) is 4.69. The lowest BCUT2D eigenvalue weighted by Gasteiger charge is -2.27. The van der Waals surface area contributed by atoms with Crippen LogP contribution in [0.4, 0.5) is 0 Å². The highest BCUT2D eigenvalue weighted by molar-refractivity contribution is 7.89. The van der Waals surface area contributed by atoms with Crippen LogP contribution in [0, 0.1) is 25.7 Å². The second-order valence-corrected chi connectivity index (χ2v) is 10.1. The predicted octanol–water partition coefficient (Wildman–Crippen LogP) is 1.66. The molecule has 0 aromatic carbocycles. The maximum atomic E-state index is 13.1. The Balaban J connectivity index is 2.25. The highest BCUT2D eigenvalue weighted by Gasteiger charge is 2.32. The number of hydrogen-bond acceptors (Lipinski definition) is 5.